The molecule has 2 aromatic rings. The second-order valence-corrected chi connectivity index (χ2v) is 13.1. The molecule has 1 atom stereocenters. The maximum absolute atomic E-state index is 11.0. The van der Waals surface area contributed by atoms with Gasteiger partial charge in [0.15, 0.2) is 14.4 Å². The van der Waals surface area contributed by atoms with E-state index in [4.69, 9.17) is 0 Å². The molecule has 0 heterocycles. The molecule has 2 rings (SSSR count). The van der Waals surface area contributed by atoms with E-state index in [1.807, 2.05) is 0 Å². The van der Waals surface area contributed by atoms with Crippen molar-refractivity contribution in [2.24, 2.45) is 0 Å². The first-order valence-electron chi connectivity index (χ1n) is 11.9. The Morgan fingerprint density at radius 2 is 1.61 bits per heavy atom. The molecule has 2 aromatic carbocycles. The van der Waals surface area contributed by atoms with Crippen molar-refractivity contribution < 1.29 is 4.79 Å². The highest BCUT2D eigenvalue weighted by Gasteiger charge is 2.28. The Morgan fingerprint density at radius 3 is 2.29 bits per heavy atom. The Hall–Kier alpha value is -2.31. The predicted octanol–water partition coefficient (Wildman–Crippen LogP) is 6.76. The molecular weight excluding hydrogens is 394 g/mol. The van der Waals surface area contributed by atoms with Gasteiger partial charge in [0.2, 0.25) is 0 Å². The molecule has 0 bridgehead atoms. The van der Waals surface area contributed by atoms with Gasteiger partial charge in [0.1, 0.15) is 0 Å². The average molecular weight is 434 g/mol. The Morgan fingerprint density at radius 1 is 0.935 bits per heavy atom. The van der Waals surface area contributed by atoms with E-state index >= 15 is 0 Å². The standard InChI is InChI=1S/C28H39NOSi/c1-4-5-6-7-8-12-23-31(3,24-13-22-30)25-29(28-14-10-9-11-15-28)21-20-27-18-16-26(2)17-19-27/h9-11,14-19,22H,4-8,12,20-21,23,25H2,1-3H3. The summed E-state index contributed by atoms with van der Waals surface area (Å²) in [6.45, 7) is 7.71. The highest BCUT2D eigenvalue weighted by molar-refractivity contribution is 6.87. The van der Waals surface area contributed by atoms with Crippen LogP contribution >= 0.6 is 0 Å². The lowest BCUT2D eigenvalue weighted by Gasteiger charge is -2.32. The van der Waals surface area contributed by atoms with Gasteiger partial charge < -0.3 is 4.90 Å². The Balaban J connectivity index is 2.09. The lowest BCUT2D eigenvalue weighted by atomic mass is 10.1. The summed E-state index contributed by atoms with van der Waals surface area (Å²) < 4.78 is 0. The maximum Gasteiger partial charge on any atom is 0.192 e. The van der Waals surface area contributed by atoms with Crippen LogP contribution in [0.5, 0.6) is 0 Å². The number of hydrogen-bond donors (Lipinski definition) is 0. The van der Waals surface area contributed by atoms with Crippen LogP contribution in [0, 0.1) is 18.4 Å². The van der Waals surface area contributed by atoms with Crippen molar-refractivity contribution in [3.63, 3.8) is 0 Å². The second-order valence-electron chi connectivity index (χ2n) is 8.96. The molecule has 166 valence electrons. The Bertz CT molecular complexity index is 822. The van der Waals surface area contributed by atoms with E-state index < -0.39 is 8.07 Å². The first kappa shape index (κ1) is 25.0. The van der Waals surface area contributed by atoms with Gasteiger partial charge in [-0.3, -0.25) is 4.79 Å². The zero-order valence-corrected chi connectivity index (χ0v) is 20.7. The number of carbonyl (C=O) groups excluding carboxylic acids is 1. The molecular formula is C28H39NOSi. The first-order valence-corrected chi connectivity index (χ1v) is 14.8. The highest BCUT2D eigenvalue weighted by atomic mass is 28.3. The molecule has 0 saturated heterocycles. The molecule has 0 amide bonds. The molecule has 0 radical (unpaired) electrons. The minimum absolute atomic E-state index is 0.770. The van der Waals surface area contributed by atoms with Crippen molar-refractivity contribution in [3.8, 4) is 11.5 Å². The summed E-state index contributed by atoms with van der Waals surface area (Å²) in [6, 6.07) is 20.7. The van der Waals surface area contributed by atoms with Gasteiger partial charge >= 0.3 is 0 Å². The molecule has 0 N–H and O–H groups in total. The van der Waals surface area contributed by atoms with Gasteiger partial charge in [0.05, 0.1) is 0 Å². The molecule has 0 aliphatic carbocycles. The summed E-state index contributed by atoms with van der Waals surface area (Å²) in [4.78, 5) is 13.5. The molecule has 2 nitrogen and oxygen atoms in total. The third-order valence-electron chi connectivity index (χ3n) is 5.97. The smallest absolute Gasteiger partial charge is 0.192 e. The van der Waals surface area contributed by atoms with Crippen molar-refractivity contribution in [2.75, 3.05) is 17.6 Å². The fourth-order valence-corrected chi connectivity index (χ4v) is 7.04. The van der Waals surface area contributed by atoms with Gasteiger partial charge in [-0.05, 0) is 43.0 Å². The van der Waals surface area contributed by atoms with Crippen LogP contribution in [0.2, 0.25) is 12.6 Å². The van der Waals surface area contributed by atoms with Crippen LogP contribution in [0.4, 0.5) is 5.69 Å². The summed E-state index contributed by atoms with van der Waals surface area (Å²) in [5, 5.41) is 0. The number of hydrogen-bond acceptors (Lipinski definition) is 2. The number of anilines is 1. The average Bonchev–Trinajstić information content (AvgIpc) is 2.79. The molecule has 0 aromatic heterocycles. The van der Waals surface area contributed by atoms with E-state index in [1.54, 1.807) is 0 Å². The van der Waals surface area contributed by atoms with E-state index in [0.717, 1.165) is 31.5 Å². The van der Waals surface area contributed by atoms with Crippen LogP contribution in [0.15, 0.2) is 54.6 Å². The second kappa shape index (κ2) is 13.9. The molecule has 0 fully saturated rings. The van der Waals surface area contributed by atoms with Crippen molar-refractivity contribution >= 4 is 20.0 Å². The Labute approximate surface area is 191 Å². The van der Waals surface area contributed by atoms with Crippen molar-refractivity contribution in [1.29, 1.82) is 0 Å². The van der Waals surface area contributed by atoms with E-state index in [1.165, 1.54) is 55.3 Å². The van der Waals surface area contributed by atoms with Crippen molar-refractivity contribution in [2.45, 2.75) is 71.4 Å². The SMILES string of the molecule is CCCCCCCC[Si](C)(C#CC=O)CN(CCc1ccc(C)cc1)c1ccccc1. The number of aldehydes is 1. The van der Waals surface area contributed by atoms with Crippen LogP contribution < -0.4 is 4.90 Å². The number of rotatable bonds is 13. The molecule has 0 aliphatic rings. The van der Waals surface area contributed by atoms with Gasteiger partial charge in [-0.15, -0.1) is 5.54 Å². The van der Waals surface area contributed by atoms with Crippen LogP contribution in [0.1, 0.15) is 56.6 Å². The van der Waals surface area contributed by atoms with E-state index in [-0.39, 0.29) is 0 Å². The van der Waals surface area contributed by atoms with Gasteiger partial charge in [-0.1, -0.05) is 100 Å². The third-order valence-corrected chi connectivity index (χ3v) is 9.25. The van der Waals surface area contributed by atoms with E-state index in [9.17, 15) is 4.79 Å². The first-order chi connectivity index (χ1) is 15.1. The zero-order chi connectivity index (χ0) is 22.4. The van der Waals surface area contributed by atoms with Crippen molar-refractivity contribution in [3.05, 3.63) is 65.7 Å². The van der Waals surface area contributed by atoms with E-state index in [0.29, 0.717) is 0 Å². The zero-order valence-electron chi connectivity index (χ0n) is 19.7. The fourth-order valence-electron chi connectivity index (χ4n) is 4.06. The number of benzene rings is 2. The lowest BCUT2D eigenvalue weighted by Crippen LogP contribution is -2.45. The molecule has 0 aliphatic heterocycles. The molecule has 1 unspecified atom stereocenters. The number of aryl methyl sites for hydroxylation is 1. The monoisotopic (exact) mass is 433 g/mol. The van der Waals surface area contributed by atoms with Gasteiger partial charge in [0, 0.05) is 18.4 Å². The minimum atomic E-state index is -1.90. The topological polar surface area (TPSA) is 20.3 Å². The third kappa shape index (κ3) is 9.57. The Kier molecular flexibility index (Phi) is 11.2. The quantitative estimate of drug-likeness (QED) is 0.150. The van der Waals surface area contributed by atoms with Crippen LogP contribution in [-0.4, -0.2) is 27.1 Å². The summed E-state index contributed by atoms with van der Waals surface area (Å²) in [6.07, 6.45) is 10.5. The van der Waals surface area contributed by atoms with E-state index in [2.05, 4.69) is 91.4 Å². The van der Waals surface area contributed by atoms with Crippen LogP contribution in [0.25, 0.3) is 0 Å². The highest BCUT2D eigenvalue weighted by Crippen LogP contribution is 2.22. The summed E-state index contributed by atoms with van der Waals surface area (Å²) in [7, 11) is -1.90. The van der Waals surface area contributed by atoms with Gasteiger partial charge in [-0.25, -0.2) is 0 Å². The molecule has 3 heteroatoms. The number of nitrogens with zero attached hydrogens (tertiary/aromatic N) is 1. The number of para-hydroxylation sites is 1. The fraction of sp³-hybridized carbons (Fsp3) is 0.464. The largest absolute Gasteiger partial charge is 0.373 e. The number of carbonyl (C=O) groups is 1. The predicted molar refractivity (Wildman–Crippen MR) is 137 cm³/mol. The minimum Gasteiger partial charge on any atom is -0.373 e. The molecule has 0 saturated carbocycles. The summed E-state index contributed by atoms with van der Waals surface area (Å²) in [5.41, 5.74) is 7.35. The van der Waals surface area contributed by atoms with Crippen LogP contribution in [0.3, 0.4) is 0 Å². The van der Waals surface area contributed by atoms with Crippen molar-refractivity contribution in [1.82, 2.24) is 0 Å². The van der Waals surface area contributed by atoms with Crippen LogP contribution in [-0.2, 0) is 11.2 Å². The summed E-state index contributed by atoms with van der Waals surface area (Å²) >= 11 is 0. The van der Waals surface area contributed by atoms with Gasteiger partial charge in [0.25, 0.3) is 0 Å². The number of unbranched alkanes of at least 4 members (excludes halogenated alkanes) is 5. The van der Waals surface area contributed by atoms with Gasteiger partial charge in [-0.2, -0.15) is 0 Å². The molecule has 31 heavy (non-hydrogen) atoms. The normalized spacial score (nSPS) is 12.5. The maximum atomic E-state index is 11.0. The molecule has 0 spiro atoms. The lowest BCUT2D eigenvalue weighted by molar-refractivity contribution is -0.103. The summed E-state index contributed by atoms with van der Waals surface area (Å²) in [5.74, 6) is 2.79.